The van der Waals surface area contributed by atoms with Crippen LogP contribution in [0.5, 0.6) is 0 Å². The zero-order valence-electron chi connectivity index (χ0n) is 14.5. The summed E-state index contributed by atoms with van der Waals surface area (Å²) < 4.78 is 16.3. The third-order valence-corrected chi connectivity index (χ3v) is 3.57. The van der Waals surface area contributed by atoms with Gasteiger partial charge in [-0.3, -0.25) is 10.1 Å². The van der Waals surface area contributed by atoms with Crippen molar-refractivity contribution in [2.75, 3.05) is 19.8 Å². The minimum absolute atomic E-state index is 0.314. The average molecular weight is 334 g/mol. The Labute approximate surface area is 142 Å². The number of hydrogen-bond acceptors (Lipinski definition) is 5. The number of carbonyl (C=O) groups excluding carboxylic acids is 1. The minimum atomic E-state index is -0.684. The summed E-state index contributed by atoms with van der Waals surface area (Å²) in [4.78, 5) is 15.6. The highest BCUT2D eigenvalue weighted by Gasteiger charge is 2.30. The third-order valence-electron chi connectivity index (χ3n) is 3.57. The predicted molar refractivity (Wildman–Crippen MR) is 92.6 cm³/mol. The highest BCUT2D eigenvalue weighted by molar-refractivity contribution is 5.80. The zero-order chi connectivity index (χ0) is 17.4. The van der Waals surface area contributed by atoms with Gasteiger partial charge in [0.15, 0.2) is 12.3 Å². The predicted octanol–water partition coefficient (Wildman–Crippen LogP) is 2.59. The molecule has 0 aliphatic rings. The van der Waals surface area contributed by atoms with E-state index in [1.165, 1.54) is 0 Å². The molecule has 0 radical (unpaired) electrons. The highest BCUT2D eigenvalue weighted by Crippen LogP contribution is 2.15. The number of aromatic nitrogens is 1. The second kappa shape index (κ2) is 9.42. The van der Waals surface area contributed by atoms with Crippen molar-refractivity contribution in [2.45, 2.75) is 39.6 Å². The van der Waals surface area contributed by atoms with Crippen molar-refractivity contribution >= 4 is 16.9 Å². The molecule has 132 valence electrons. The summed E-state index contributed by atoms with van der Waals surface area (Å²) in [5.74, 6) is -0.375. The quantitative estimate of drug-likeness (QED) is 0.516. The van der Waals surface area contributed by atoms with Crippen LogP contribution in [-0.4, -0.2) is 43.1 Å². The second-order valence-corrected chi connectivity index (χ2v) is 5.27. The van der Waals surface area contributed by atoms with Crippen LogP contribution in [-0.2, 0) is 25.5 Å². The van der Waals surface area contributed by atoms with Gasteiger partial charge in [-0.1, -0.05) is 18.2 Å². The molecule has 2 aromatic rings. The van der Waals surface area contributed by atoms with Crippen molar-refractivity contribution in [1.82, 2.24) is 10.3 Å². The molecule has 0 bridgehead atoms. The number of fused-ring (bicyclic) bond motifs is 1. The van der Waals surface area contributed by atoms with E-state index >= 15 is 0 Å². The van der Waals surface area contributed by atoms with Gasteiger partial charge < -0.3 is 19.2 Å². The molecule has 1 unspecified atom stereocenters. The first-order chi connectivity index (χ1) is 11.7. The van der Waals surface area contributed by atoms with Gasteiger partial charge in [-0.25, -0.2) is 0 Å². The fraction of sp³-hybridized carbons (Fsp3) is 0.500. The van der Waals surface area contributed by atoms with E-state index < -0.39 is 12.3 Å². The summed E-state index contributed by atoms with van der Waals surface area (Å²) in [6, 6.07) is 9.41. The van der Waals surface area contributed by atoms with E-state index in [2.05, 4.69) is 16.4 Å². The van der Waals surface area contributed by atoms with Gasteiger partial charge in [-0.15, -0.1) is 0 Å². The van der Waals surface area contributed by atoms with Gasteiger partial charge in [-0.2, -0.15) is 0 Å². The average Bonchev–Trinajstić information content (AvgIpc) is 2.98. The minimum Gasteiger partial charge on any atom is -0.465 e. The maximum Gasteiger partial charge on any atom is 0.328 e. The van der Waals surface area contributed by atoms with Crippen molar-refractivity contribution in [1.29, 1.82) is 0 Å². The molecular formula is C18H26N2O4. The SMILES string of the molecule is CCOC(=O)C(NCc1cc2ccccc2[nH]1)C(OCC)OCC. The Morgan fingerprint density at radius 3 is 2.46 bits per heavy atom. The lowest BCUT2D eigenvalue weighted by Crippen LogP contribution is -2.49. The molecule has 0 saturated carbocycles. The lowest BCUT2D eigenvalue weighted by Gasteiger charge is -2.25. The molecule has 0 spiro atoms. The highest BCUT2D eigenvalue weighted by atomic mass is 16.7. The molecule has 0 aliphatic heterocycles. The number of hydrogen-bond donors (Lipinski definition) is 2. The number of rotatable bonds is 10. The normalized spacial score (nSPS) is 12.7. The zero-order valence-corrected chi connectivity index (χ0v) is 14.5. The Balaban J connectivity index is 2.09. The Bertz CT molecular complexity index is 602. The molecule has 1 aromatic heterocycles. The van der Waals surface area contributed by atoms with E-state index in [1.54, 1.807) is 6.92 Å². The molecule has 1 heterocycles. The van der Waals surface area contributed by atoms with Crippen molar-refractivity contribution in [3.8, 4) is 0 Å². The van der Waals surface area contributed by atoms with Gasteiger partial charge in [0.25, 0.3) is 0 Å². The Morgan fingerprint density at radius 1 is 1.12 bits per heavy atom. The van der Waals surface area contributed by atoms with Crippen LogP contribution in [0.15, 0.2) is 30.3 Å². The number of H-pyrrole nitrogens is 1. The summed E-state index contributed by atoms with van der Waals surface area (Å²) in [5, 5.41) is 4.33. The molecule has 6 heteroatoms. The van der Waals surface area contributed by atoms with Crippen LogP contribution < -0.4 is 5.32 Å². The molecule has 6 nitrogen and oxygen atoms in total. The molecule has 1 aromatic carbocycles. The monoisotopic (exact) mass is 334 g/mol. The van der Waals surface area contributed by atoms with E-state index in [9.17, 15) is 4.79 Å². The largest absolute Gasteiger partial charge is 0.465 e. The number of aromatic amines is 1. The van der Waals surface area contributed by atoms with Gasteiger partial charge in [0.2, 0.25) is 0 Å². The number of ether oxygens (including phenoxy) is 3. The molecule has 0 aliphatic carbocycles. The number of carbonyl (C=O) groups is 1. The Morgan fingerprint density at radius 2 is 1.83 bits per heavy atom. The molecule has 2 rings (SSSR count). The summed E-state index contributed by atoms with van der Waals surface area (Å²) in [6.07, 6.45) is -0.677. The van der Waals surface area contributed by atoms with Crippen molar-refractivity contribution in [3.05, 3.63) is 36.0 Å². The molecule has 2 N–H and O–H groups in total. The number of esters is 1. The van der Waals surface area contributed by atoms with Gasteiger partial charge in [0.05, 0.1) is 6.61 Å². The Hall–Kier alpha value is -1.89. The smallest absolute Gasteiger partial charge is 0.328 e. The molecule has 0 fully saturated rings. The lowest BCUT2D eigenvalue weighted by atomic mass is 10.2. The first kappa shape index (κ1) is 18.4. The second-order valence-electron chi connectivity index (χ2n) is 5.27. The number of para-hydroxylation sites is 1. The third kappa shape index (κ3) is 4.80. The van der Waals surface area contributed by atoms with E-state index in [0.717, 1.165) is 16.6 Å². The molecule has 0 amide bonds. The van der Waals surface area contributed by atoms with Gasteiger partial charge in [-0.05, 0) is 38.3 Å². The molecular weight excluding hydrogens is 308 g/mol. The van der Waals surface area contributed by atoms with Crippen molar-refractivity contribution in [3.63, 3.8) is 0 Å². The fourth-order valence-electron chi connectivity index (χ4n) is 2.54. The maximum absolute atomic E-state index is 12.3. The van der Waals surface area contributed by atoms with Crippen LogP contribution in [0.25, 0.3) is 10.9 Å². The number of benzene rings is 1. The maximum atomic E-state index is 12.3. The van der Waals surface area contributed by atoms with Gasteiger partial charge >= 0.3 is 5.97 Å². The molecule has 1 atom stereocenters. The fourth-order valence-corrected chi connectivity index (χ4v) is 2.54. The van der Waals surface area contributed by atoms with Crippen LogP contribution in [0.3, 0.4) is 0 Å². The van der Waals surface area contributed by atoms with Gasteiger partial charge in [0.1, 0.15) is 0 Å². The molecule has 24 heavy (non-hydrogen) atoms. The van der Waals surface area contributed by atoms with Crippen LogP contribution in [0.2, 0.25) is 0 Å². The van der Waals surface area contributed by atoms with Crippen LogP contribution in [0.4, 0.5) is 0 Å². The van der Waals surface area contributed by atoms with Gasteiger partial charge in [0, 0.05) is 31.0 Å². The van der Waals surface area contributed by atoms with Crippen molar-refractivity contribution in [2.24, 2.45) is 0 Å². The summed E-state index contributed by atoms with van der Waals surface area (Å²) >= 11 is 0. The standard InChI is InChI=1S/C18H26N2O4/c1-4-22-17(21)16(18(23-5-2)24-6-3)19-12-14-11-13-9-7-8-10-15(13)20-14/h7-11,16,18-20H,4-6,12H2,1-3H3. The van der Waals surface area contributed by atoms with E-state index in [-0.39, 0.29) is 5.97 Å². The lowest BCUT2D eigenvalue weighted by molar-refractivity contribution is -0.179. The Kier molecular flexibility index (Phi) is 7.24. The van der Waals surface area contributed by atoms with E-state index in [1.807, 2.05) is 38.1 Å². The van der Waals surface area contributed by atoms with Crippen LogP contribution >= 0.6 is 0 Å². The van der Waals surface area contributed by atoms with E-state index in [0.29, 0.717) is 26.4 Å². The first-order valence-electron chi connectivity index (χ1n) is 8.39. The number of nitrogens with one attached hydrogen (secondary N) is 2. The molecule has 0 saturated heterocycles. The summed E-state index contributed by atoms with van der Waals surface area (Å²) in [7, 11) is 0. The van der Waals surface area contributed by atoms with Crippen LogP contribution in [0.1, 0.15) is 26.5 Å². The van der Waals surface area contributed by atoms with E-state index in [4.69, 9.17) is 14.2 Å². The summed E-state index contributed by atoms with van der Waals surface area (Å²) in [5.41, 5.74) is 2.05. The topological polar surface area (TPSA) is 72.6 Å². The first-order valence-corrected chi connectivity index (χ1v) is 8.39. The summed E-state index contributed by atoms with van der Waals surface area (Å²) in [6.45, 7) is 7.22. The van der Waals surface area contributed by atoms with Crippen LogP contribution in [0, 0.1) is 0 Å². The van der Waals surface area contributed by atoms with Crippen molar-refractivity contribution < 1.29 is 19.0 Å².